The summed E-state index contributed by atoms with van der Waals surface area (Å²) in [5.74, 6) is -1.49. The molecule has 0 aliphatic heterocycles. The molecule has 0 radical (unpaired) electrons. The molecule has 0 unspecified atom stereocenters. The Bertz CT molecular complexity index is 909. The van der Waals surface area contributed by atoms with E-state index in [9.17, 15) is 19.2 Å². The van der Waals surface area contributed by atoms with Crippen LogP contribution in [0.25, 0.3) is 0 Å². The Balaban J connectivity index is 2.74. The Morgan fingerprint density at radius 3 is 2.23 bits per heavy atom. The quantitative estimate of drug-likeness (QED) is 0.200. The number of urea groups is 1. The molecule has 4 amide bonds. The van der Waals surface area contributed by atoms with Crippen LogP contribution in [0.3, 0.4) is 0 Å². The van der Waals surface area contributed by atoms with E-state index in [1.54, 1.807) is 0 Å². The lowest BCUT2D eigenvalue weighted by atomic mass is 9.89. The molecule has 220 valence electrons. The highest BCUT2D eigenvalue weighted by Crippen LogP contribution is 2.21. The van der Waals surface area contributed by atoms with Crippen LogP contribution in [0, 0.1) is 17.3 Å². The Labute approximate surface area is 234 Å². The number of amides is 4. The van der Waals surface area contributed by atoms with E-state index in [4.69, 9.17) is 10.5 Å². The number of hydrogen-bond acceptors (Lipinski definition) is 5. The lowest BCUT2D eigenvalue weighted by Crippen LogP contribution is -2.45. The molecule has 5 N–H and O–H groups in total. The largest absolute Gasteiger partial charge is 0.381 e. The van der Waals surface area contributed by atoms with E-state index in [2.05, 4.69) is 43.6 Å². The number of carbonyl (C=O) groups is 4. The molecule has 0 aromatic heterocycles. The minimum atomic E-state index is -0.707. The Hall–Kier alpha value is -2.94. The molecule has 0 aliphatic carbocycles. The summed E-state index contributed by atoms with van der Waals surface area (Å²) in [7, 11) is 0. The zero-order valence-electron chi connectivity index (χ0n) is 24.7. The number of primary amides is 1. The number of carbonyl (C=O) groups excluding carboxylic acids is 4. The average Bonchev–Trinajstić information content (AvgIpc) is 2.85. The number of nitrogens with two attached hydrogens (primary N) is 1. The molecule has 0 fully saturated rings. The minimum Gasteiger partial charge on any atom is -0.381 e. The molecular formula is C30H50N4O5. The first kappa shape index (κ1) is 34.1. The summed E-state index contributed by atoms with van der Waals surface area (Å²) >= 11 is 0. The lowest BCUT2D eigenvalue weighted by Gasteiger charge is -2.24. The minimum absolute atomic E-state index is 0.0259. The summed E-state index contributed by atoms with van der Waals surface area (Å²) < 4.78 is 5.60. The molecule has 1 rings (SSSR count). The van der Waals surface area contributed by atoms with Crippen molar-refractivity contribution >= 4 is 29.3 Å². The zero-order valence-corrected chi connectivity index (χ0v) is 24.7. The van der Waals surface area contributed by atoms with Crippen LogP contribution in [0.5, 0.6) is 0 Å². The van der Waals surface area contributed by atoms with Gasteiger partial charge in [0.1, 0.15) is 0 Å². The van der Waals surface area contributed by atoms with Gasteiger partial charge in [-0.1, -0.05) is 53.7 Å². The maximum atomic E-state index is 13.3. The number of rotatable bonds is 18. The first-order chi connectivity index (χ1) is 18.3. The number of hydrogen-bond donors (Lipinski definition) is 4. The topological polar surface area (TPSA) is 140 Å². The summed E-state index contributed by atoms with van der Waals surface area (Å²) in [5.41, 5.74) is 7.20. The second-order valence-corrected chi connectivity index (χ2v) is 11.7. The summed E-state index contributed by atoms with van der Waals surface area (Å²) in [5, 5.41) is 8.27. The number of anilines is 1. The summed E-state index contributed by atoms with van der Waals surface area (Å²) in [4.78, 5) is 50.0. The van der Waals surface area contributed by atoms with Gasteiger partial charge >= 0.3 is 6.03 Å². The number of ether oxygens (including phenoxy) is 1. The third-order valence-electron chi connectivity index (χ3n) is 6.50. The summed E-state index contributed by atoms with van der Waals surface area (Å²) in [6, 6.07) is 6.24. The Morgan fingerprint density at radius 1 is 1.00 bits per heavy atom. The highest BCUT2D eigenvalue weighted by atomic mass is 16.5. The highest BCUT2D eigenvalue weighted by molar-refractivity contribution is 5.97. The predicted octanol–water partition coefficient (Wildman–Crippen LogP) is 4.59. The van der Waals surface area contributed by atoms with E-state index < -0.39 is 18.0 Å². The molecular weight excluding hydrogens is 496 g/mol. The average molecular weight is 547 g/mol. The van der Waals surface area contributed by atoms with E-state index in [-0.39, 0.29) is 41.8 Å². The third kappa shape index (κ3) is 15.3. The standard InChI is InChI=1S/C30H50N4O5/c1-7-22-11-13-24(14-12-22)33-28(37)23(10-8-17-32-29(31)38)20-25(35)27(21(2)3)34-26(36)15-19-39-18-9-16-30(4,5)6/h11-14,21,23,27H,7-10,15-20H2,1-6H3,(H,33,37)(H,34,36)(H3,31,32,38)/t23-,27+/m1/s1. The third-order valence-corrected chi connectivity index (χ3v) is 6.50. The van der Waals surface area contributed by atoms with Gasteiger partial charge in [0, 0.05) is 37.6 Å². The van der Waals surface area contributed by atoms with Gasteiger partial charge in [-0.2, -0.15) is 0 Å². The SMILES string of the molecule is CCc1ccc(NC(=O)[C@H](CCCNC(N)=O)CC(=O)[C@@H](NC(=O)CCOCCCC(C)(C)C)C(C)C)cc1. The first-order valence-corrected chi connectivity index (χ1v) is 14.1. The lowest BCUT2D eigenvalue weighted by molar-refractivity contribution is -0.131. The maximum Gasteiger partial charge on any atom is 0.312 e. The fourth-order valence-electron chi connectivity index (χ4n) is 4.16. The molecule has 0 aliphatic rings. The van der Waals surface area contributed by atoms with Crippen molar-refractivity contribution in [3.05, 3.63) is 29.8 Å². The molecule has 9 nitrogen and oxygen atoms in total. The number of aryl methyl sites for hydroxylation is 1. The molecule has 0 spiro atoms. The van der Waals surface area contributed by atoms with Crippen molar-refractivity contribution in [2.45, 2.75) is 92.5 Å². The van der Waals surface area contributed by atoms with Crippen LogP contribution in [0.15, 0.2) is 24.3 Å². The molecule has 9 heteroatoms. The number of ketones is 1. The number of Topliss-reactive ketones (excluding diaryl/α,β-unsaturated/α-hetero) is 1. The van der Waals surface area contributed by atoms with Crippen LogP contribution in [-0.2, 0) is 25.5 Å². The van der Waals surface area contributed by atoms with Gasteiger partial charge in [0.25, 0.3) is 0 Å². The monoisotopic (exact) mass is 546 g/mol. The van der Waals surface area contributed by atoms with Crippen molar-refractivity contribution in [1.29, 1.82) is 0 Å². The van der Waals surface area contributed by atoms with E-state index in [1.807, 2.05) is 38.1 Å². The van der Waals surface area contributed by atoms with E-state index >= 15 is 0 Å². The molecule has 1 aromatic carbocycles. The van der Waals surface area contributed by atoms with Crippen LogP contribution in [0.4, 0.5) is 10.5 Å². The van der Waals surface area contributed by atoms with Gasteiger partial charge < -0.3 is 26.4 Å². The van der Waals surface area contributed by atoms with Crippen LogP contribution in [0.2, 0.25) is 0 Å². The van der Waals surface area contributed by atoms with E-state index in [0.717, 1.165) is 24.8 Å². The second kappa shape index (κ2) is 17.6. The molecule has 39 heavy (non-hydrogen) atoms. The van der Waals surface area contributed by atoms with Gasteiger partial charge in [-0.25, -0.2) is 4.79 Å². The van der Waals surface area contributed by atoms with Crippen molar-refractivity contribution < 1.29 is 23.9 Å². The van der Waals surface area contributed by atoms with Crippen molar-refractivity contribution in [2.24, 2.45) is 23.0 Å². The van der Waals surface area contributed by atoms with Gasteiger partial charge in [0.15, 0.2) is 5.78 Å². The van der Waals surface area contributed by atoms with Crippen LogP contribution >= 0.6 is 0 Å². The molecule has 0 saturated carbocycles. The Morgan fingerprint density at radius 2 is 1.67 bits per heavy atom. The van der Waals surface area contributed by atoms with Gasteiger partial charge in [-0.05, 0) is 61.1 Å². The molecule has 2 atom stereocenters. The van der Waals surface area contributed by atoms with Crippen molar-refractivity contribution in [1.82, 2.24) is 10.6 Å². The molecule has 1 aromatic rings. The zero-order chi connectivity index (χ0) is 29.4. The number of nitrogens with one attached hydrogen (secondary N) is 3. The van der Waals surface area contributed by atoms with Crippen LogP contribution in [0.1, 0.15) is 85.6 Å². The molecule has 0 heterocycles. The van der Waals surface area contributed by atoms with Crippen LogP contribution in [-0.4, -0.2) is 49.4 Å². The van der Waals surface area contributed by atoms with Gasteiger partial charge in [-0.15, -0.1) is 0 Å². The van der Waals surface area contributed by atoms with Crippen molar-refractivity contribution in [3.8, 4) is 0 Å². The smallest absolute Gasteiger partial charge is 0.312 e. The van der Waals surface area contributed by atoms with Gasteiger partial charge in [0.2, 0.25) is 11.8 Å². The summed E-state index contributed by atoms with van der Waals surface area (Å²) in [6.07, 6.45) is 3.87. The van der Waals surface area contributed by atoms with Crippen LogP contribution < -0.4 is 21.7 Å². The Kier molecular flexibility index (Phi) is 15.4. The maximum absolute atomic E-state index is 13.3. The normalized spacial score (nSPS) is 13.0. The fraction of sp³-hybridized carbons (Fsp3) is 0.667. The highest BCUT2D eigenvalue weighted by Gasteiger charge is 2.29. The van der Waals surface area contributed by atoms with Crippen molar-refractivity contribution in [3.63, 3.8) is 0 Å². The van der Waals surface area contributed by atoms with Gasteiger partial charge in [0.05, 0.1) is 12.6 Å². The van der Waals surface area contributed by atoms with Crippen molar-refractivity contribution in [2.75, 3.05) is 25.1 Å². The molecule has 0 saturated heterocycles. The van der Waals surface area contributed by atoms with E-state index in [1.165, 1.54) is 0 Å². The van der Waals surface area contributed by atoms with Gasteiger partial charge in [-0.3, -0.25) is 14.4 Å². The second-order valence-electron chi connectivity index (χ2n) is 11.7. The predicted molar refractivity (Wildman–Crippen MR) is 155 cm³/mol. The molecule has 0 bridgehead atoms. The van der Waals surface area contributed by atoms with E-state index in [0.29, 0.717) is 38.3 Å². The first-order valence-electron chi connectivity index (χ1n) is 14.1. The summed E-state index contributed by atoms with van der Waals surface area (Å²) in [6.45, 7) is 13.5. The number of benzene rings is 1. The fourth-order valence-corrected chi connectivity index (χ4v) is 4.16.